The van der Waals surface area contributed by atoms with E-state index in [0.717, 1.165) is 0 Å². The summed E-state index contributed by atoms with van der Waals surface area (Å²) in [7, 11) is 1.91. The Bertz CT molecular complexity index is 325. The van der Waals surface area contributed by atoms with Gasteiger partial charge in [-0.25, -0.2) is 9.59 Å². The van der Waals surface area contributed by atoms with Gasteiger partial charge < -0.3 is 25.0 Å². The van der Waals surface area contributed by atoms with Gasteiger partial charge in [-0.3, -0.25) is 0 Å². The quantitative estimate of drug-likeness (QED) is 0.783. The molecule has 0 atom stereocenters. The van der Waals surface area contributed by atoms with Gasteiger partial charge in [-0.1, -0.05) is 0 Å². The Hall–Kier alpha value is -1.50. The lowest BCUT2D eigenvalue weighted by atomic mass is 10.2. The van der Waals surface area contributed by atoms with Gasteiger partial charge in [0, 0.05) is 26.2 Å². The van der Waals surface area contributed by atoms with Crippen LogP contribution in [0.4, 0.5) is 9.59 Å². The Balaban J connectivity index is 3.73. The van der Waals surface area contributed by atoms with Crippen molar-refractivity contribution in [2.45, 2.75) is 52.7 Å². The van der Waals surface area contributed by atoms with E-state index in [9.17, 15) is 9.59 Å². The van der Waals surface area contributed by atoms with Crippen molar-refractivity contribution in [2.24, 2.45) is 0 Å². The third kappa shape index (κ3) is 13.5. The van der Waals surface area contributed by atoms with Crippen molar-refractivity contribution in [3.8, 4) is 0 Å². The van der Waals surface area contributed by atoms with Gasteiger partial charge >= 0.3 is 12.2 Å². The number of ether oxygens (including phenoxy) is 2. The van der Waals surface area contributed by atoms with Gasteiger partial charge in [-0.05, 0) is 48.6 Å². The summed E-state index contributed by atoms with van der Waals surface area (Å²) in [5.74, 6) is 0. The molecule has 0 saturated carbocycles. The number of amides is 2. The van der Waals surface area contributed by atoms with Crippen LogP contribution in [0.15, 0.2) is 0 Å². The number of hydrogen-bond donors (Lipinski definition) is 2. The third-order valence-corrected chi connectivity index (χ3v) is 2.32. The molecule has 0 rings (SSSR count). The summed E-state index contributed by atoms with van der Waals surface area (Å²) in [4.78, 5) is 24.9. The summed E-state index contributed by atoms with van der Waals surface area (Å²) in [6.45, 7) is 13.2. The molecule has 2 amide bonds. The van der Waals surface area contributed by atoms with E-state index in [-0.39, 0.29) is 0 Å². The van der Waals surface area contributed by atoms with Crippen molar-refractivity contribution in [1.82, 2.24) is 15.5 Å². The highest BCUT2D eigenvalue weighted by molar-refractivity contribution is 5.68. The van der Waals surface area contributed by atoms with Crippen LogP contribution < -0.4 is 10.6 Å². The molecule has 130 valence electrons. The fraction of sp³-hybridized carbons (Fsp3) is 0.867. The standard InChI is InChI=1S/C15H31N3O4/c1-14(2,3)21-12(19)16-8-10-18(7)11-9-17-13(20)22-15(4,5)6/h8-11H2,1-7H3,(H,16,19)(H,17,20). The molecule has 0 aromatic heterocycles. The van der Waals surface area contributed by atoms with Crippen molar-refractivity contribution < 1.29 is 19.1 Å². The lowest BCUT2D eigenvalue weighted by molar-refractivity contribution is 0.0520. The summed E-state index contributed by atoms with van der Waals surface area (Å²) < 4.78 is 10.3. The van der Waals surface area contributed by atoms with Crippen LogP contribution in [0.25, 0.3) is 0 Å². The van der Waals surface area contributed by atoms with E-state index >= 15 is 0 Å². The van der Waals surface area contributed by atoms with Crippen LogP contribution in [0.1, 0.15) is 41.5 Å². The molecule has 2 N–H and O–H groups in total. The molecule has 0 saturated heterocycles. The highest BCUT2D eigenvalue weighted by Gasteiger charge is 2.16. The summed E-state index contributed by atoms with van der Waals surface area (Å²) in [5.41, 5.74) is -0.985. The molecule has 0 aliphatic carbocycles. The largest absolute Gasteiger partial charge is 0.444 e. The number of likely N-dealkylation sites (N-methyl/N-ethyl adjacent to an activating group) is 1. The van der Waals surface area contributed by atoms with Gasteiger partial charge in [-0.2, -0.15) is 0 Å². The Kier molecular flexibility index (Phi) is 8.22. The molecule has 0 heterocycles. The first kappa shape index (κ1) is 20.5. The van der Waals surface area contributed by atoms with Gasteiger partial charge in [0.25, 0.3) is 0 Å². The molecule has 0 aliphatic rings. The molecule has 0 aromatic rings. The Morgan fingerprint density at radius 1 is 0.818 bits per heavy atom. The predicted molar refractivity (Wildman–Crippen MR) is 86.0 cm³/mol. The van der Waals surface area contributed by atoms with E-state index in [1.54, 1.807) is 0 Å². The van der Waals surface area contributed by atoms with Crippen molar-refractivity contribution in [3.63, 3.8) is 0 Å². The Morgan fingerprint density at radius 2 is 1.14 bits per heavy atom. The van der Waals surface area contributed by atoms with Crippen LogP contribution in [0, 0.1) is 0 Å². The van der Waals surface area contributed by atoms with Gasteiger partial charge in [0.2, 0.25) is 0 Å². The smallest absolute Gasteiger partial charge is 0.407 e. The molecule has 0 aromatic carbocycles. The minimum absolute atomic E-state index is 0.423. The topological polar surface area (TPSA) is 79.9 Å². The molecular formula is C15H31N3O4. The first-order chi connectivity index (χ1) is 9.89. The average molecular weight is 317 g/mol. The second-order valence-corrected chi connectivity index (χ2v) is 7.16. The van der Waals surface area contributed by atoms with E-state index in [1.165, 1.54) is 0 Å². The number of carbonyl (C=O) groups excluding carboxylic acids is 2. The van der Waals surface area contributed by atoms with Crippen LogP contribution in [-0.2, 0) is 9.47 Å². The molecule has 0 fully saturated rings. The second kappa shape index (κ2) is 8.82. The lowest BCUT2D eigenvalue weighted by Gasteiger charge is -2.22. The Labute approximate surface area is 133 Å². The number of hydrogen-bond acceptors (Lipinski definition) is 5. The van der Waals surface area contributed by atoms with Crippen molar-refractivity contribution >= 4 is 12.2 Å². The van der Waals surface area contributed by atoms with E-state index in [1.807, 2.05) is 53.5 Å². The maximum absolute atomic E-state index is 11.5. The highest BCUT2D eigenvalue weighted by atomic mass is 16.6. The van der Waals surface area contributed by atoms with E-state index in [4.69, 9.17) is 9.47 Å². The first-order valence-electron chi connectivity index (χ1n) is 7.51. The number of rotatable bonds is 6. The zero-order valence-corrected chi connectivity index (χ0v) is 14.9. The molecular weight excluding hydrogens is 286 g/mol. The normalized spacial score (nSPS) is 12.0. The van der Waals surface area contributed by atoms with Gasteiger partial charge in [-0.15, -0.1) is 0 Å². The van der Waals surface area contributed by atoms with Gasteiger partial charge in [0.05, 0.1) is 0 Å². The predicted octanol–water partition coefficient (Wildman–Crippen LogP) is 1.97. The fourth-order valence-electron chi connectivity index (χ4n) is 1.44. The molecule has 0 bridgehead atoms. The monoisotopic (exact) mass is 317 g/mol. The van der Waals surface area contributed by atoms with E-state index in [0.29, 0.717) is 26.2 Å². The number of nitrogens with one attached hydrogen (secondary N) is 2. The van der Waals surface area contributed by atoms with Crippen LogP contribution in [-0.4, -0.2) is 61.5 Å². The molecule has 0 spiro atoms. The lowest BCUT2D eigenvalue weighted by Crippen LogP contribution is -2.40. The maximum atomic E-state index is 11.5. The van der Waals surface area contributed by atoms with Crippen LogP contribution in [0.3, 0.4) is 0 Å². The number of nitrogens with zero attached hydrogens (tertiary/aromatic N) is 1. The summed E-state index contributed by atoms with van der Waals surface area (Å²) in [5, 5.41) is 5.37. The van der Waals surface area contributed by atoms with E-state index in [2.05, 4.69) is 10.6 Å². The Morgan fingerprint density at radius 3 is 1.41 bits per heavy atom. The summed E-state index contributed by atoms with van der Waals surface area (Å²) in [6.07, 6.45) is -0.847. The fourth-order valence-corrected chi connectivity index (χ4v) is 1.44. The SMILES string of the molecule is CN(CCNC(=O)OC(C)(C)C)CCNC(=O)OC(C)(C)C. The second-order valence-electron chi connectivity index (χ2n) is 7.16. The summed E-state index contributed by atoms with van der Waals surface area (Å²) in [6, 6.07) is 0. The van der Waals surface area contributed by atoms with Crippen molar-refractivity contribution in [3.05, 3.63) is 0 Å². The van der Waals surface area contributed by atoms with Gasteiger partial charge in [0.1, 0.15) is 11.2 Å². The summed E-state index contributed by atoms with van der Waals surface area (Å²) >= 11 is 0. The molecule has 0 unspecified atom stereocenters. The number of carbonyl (C=O) groups is 2. The minimum atomic E-state index is -0.493. The molecule has 7 nitrogen and oxygen atoms in total. The third-order valence-electron chi connectivity index (χ3n) is 2.32. The minimum Gasteiger partial charge on any atom is -0.444 e. The molecule has 0 radical (unpaired) electrons. The maximum Gasteiger partial charge on any atom is 0.407 e. The molecule has 7 heteroatoms. The van der Waals surface area contributed by atoms with Crippen LogP contribution in [0.2, 0.25) is 0 Å². The van der Waals surface area contributed by atoms with E-state index < -0.39 is 23.4 Å². The van der Waals surface area contributed by atoms with Crippen LogP contribution >= 0.6 is 0 Å². The number of alkyl carbamates (subject to hydrolysis) is 2. The highest BCUT2D eigenvalue weighted by Crippen LogP contribution is 2.06. The van der Waals surface area contributed by atoms with Crippen molar-refractivity contribution in [2.75, 3.05) is 33.2 Å². The first-order valence-corrected chi connectivity index (χ1v) is 7.51. The van der Waals surface area contributed by atoms with Gasteiger partial charge in [0.15, 0.2) is 0 Å². The van der Waals surface area contributed by atoms with Crippen LogP contribution in [0.5, 0.6) is 0 Å². The average Bonchev–Trinajstić information content (AvgIpc) is 2.23. The van der Waals surface area contributed by atoms with Crippen molar-refractivity contribution in [1.29, 1.82) is 0 Å². The molecule has 22 heavy (non-hydrogen) atoms. The molecule has 0 aliphatic heterocycles. The zero-order chi connectivity index (χ0) is 17.4. The zero-order valence-electron chi connectivity index (χ0n) is 14.9.